The summed E-state index contributed by atoms with van der Waals surface area (Å²) in [7, 11) is 5.07. The second-order valence-electron chi connectivity index (χ2n) is 8.15. The number of hydrogen-bond acceptors (Lipinski definition) is 6. The van der Waals surface area contributed by atoms with Gasteiger partial charge in [0.25, 0.3) is 5.91 Å². The minimum absolute atomic E-state index is 0.141. The van der Waals surface area contributed by atoms with Gasteiger partial charge >= 0.3 is 0 Å². The van der Waals surface area contributed by atoms with Crippen LogP contribution >= 0.6 is 0 Å². The van der Waals surface area contributed by atoms with Crippen LogP contribution in [0.25, 0.3) is 0 Å². The van der Waals surface area contributed by atoms with Gasteiger partial charge in [-0.05, 0) is 26.0 Å². The van der Waals surface area contributed by atoms with Gasteiger partial charge in [0.2, 0.25) is 17.7 Å². The molecule has 4 heterocycles. The van der Waals surface area contributed by atoms with Crippen LogP contribution in [-0.4, -0.2) is 92.0 Å². The van der Waals surface area contributed by atoms with Gasteiger partial charge in [-0.1, -0.05) is 0 Å². The number of amides is 2. The maximum Gasteiger partial charge on any atom is 0.259 e. The molecule has 0 radical (unpaired) electrons. The summed E-state index contributed by atoms with van der Waals surface area (Å²) in [6, 6.07) is 3.34. The summed E-state index contributed by atoms with van der Waals surface area (Å²) < 4.78 is 10.4. The lowest BCUT2D eigenvalue weighted by Gasteiger charge is -2.32. The lowest BCUT2D eigenvalue weighted by atomic mass is 9.79. The van der Waals surface area contributed by atoms with Crippen LogP contribution in [0, 0.1) is 11.3 Å². The molecule has 0 N–H and O–H groups in total. The van der Waals surface area contributed by atoms with Crippen LogP contribution < -0.4 is 9.47 Å². The van der Waals surface area contributed by atoms with Gasteiger partial charge in [-0.2, -0.15) is 4.98 Å². The van der Waals surface area contributed by atoms with Crippen molar-refractivity contribution in [2.45, 2.75) is 12.8 Å². The Morgan fingerprint density at radius 2 is 1.82 bits per heavy atom. The third kappa shape index (κ3) is 2.99. The largest absolute Gasteiger partial charge is 0.481 e. The molecule has 3 aliphatic heterocycles. The summed E-state index contributed by atoms with van der Waals surface area (Å²) in [6.07, 6.45) is 2.14. The smallest absolute Gasteiger partial charge is 0.259 e. The van der Waals surface area contributed by atoms with Crippen LogP contribution in [0.3, 0.4) is 0 Å². The van der Waals surface area contributed by atoms with E-state index >= 15 is 0 Å². The predicted octanol–water partition coefficient (Wildman–Crippen LogP) is 0.725. The van der Waals surface area contributed by atoms with Crippen molar-refractivity contribution in [3.05, 3.63) is 17.7 Å². The number of nitrogens with zero attached hydrogens (tertiary/aromatic N) is 4. The average molecular weight is 388 g/mol. The number of aromatic nitrogens is 1. The highest BCUT2D eigenvalue weighted by molar-refractivity contribution is 5.97. The zero-order chi connectivity index (χ0) is 19.9. The highest BCUT2D eigenvalue weighted by Gasteiger charge is 2.58. The van der Waals surface area contributed by atoms with Crippen LogP contribution in [-0.2, 0) is 4.79 Å². The van der Waals surface area contributed by atoms with Crippen LogP contribution in [0.4, 0.5) is 0 Å². The van der Waals surface area contributed by atoms with Gasteiger partial charge in [0.15, 0.2) is 0 Å². The fourth-order valence-electron chi connectivity index (χ4n) is 5.03. The minimum Gasteiger partial charge on any atom is -0.481 e. The van der Waals surface area contributed by atoms with Crippen molar-refractivity contribution in [3.63, 3.8) is 0 Å². The number of hydrogen-bond donors (Lipinski definition) is 0. The third-order valence-electron chi connectivity index (χ3n) is 6.35. The molecule has 1 aromatic heterocycles. The molecule has 2 atom stereocenters. The van der Waals surface area contributed by atoms with Gasteiger partial charge in [0.1, 0.15) is 5.56 Å². The average Bonchev–Trinajstić information content (AvgIpc) is 3.41. The van der Waals surface area contributed by atoms with E-state index in [1.54, 1.807) is 17.0 Å². The van der Waals surface area contributed by atoms with Crippen molar-refractivity contribution in [1.29, 1.82) is 0 Å². The molecule has 3 aliphatic rings. The number of ether oxygens (including phenoxy) is 2. The molecular weight excluding hydrogens is 360 g/mol. The van der Waals surface area contributed by atoms with Crippen LogP contribution in [0.1, 0.15) is 23.2 Å². The van der Waals surface area contributed by atoms with Crippen LogP contribution in [0.15, 0.2) is 12.1 Å². The molecule has 3 saturated heterocycles. The summed E-state index contributed by atoms with van der Waals surface area (Å²) in [5.74, 6) is 0.881. The first-order valence-corrected chi connectivity index (χ1v) is 9.84. The van der Waals surface area contributed by atoms with E-state index < -0.39 is 5.41 Å². The SMILES string of the molecule is COc1ccc(C(=O)N2C[C@@H]3CN(C)C[C@]3(C(=O)N3CCCC3)C2)c(OC)n1. The van der Waals surface area contributed by atoms with Crippen molar-refractivity contribution in [2.24, 2.45) is 11.3 Å². The number of fused-ring (bicyclic) bond motifs is 1. The molecule has 152 valence electrons. The minimum atomic E-state index is -0.498. The van der Waals surface area contributed by atoms with E-state index in [9.17, 15) is 9.59 Å². The molecule has 0 saturated carbocycles. The van der Waals surface area contributed by atoms with Crippen LogP contribution in [0.2, 0.25) is 0 Å². The van der Waals surface area contributed by atoms with Gasteiger partial charge in [0, 0.05) is 51.3 Å². The van der Waals surface area contributed by atoms with E-state index in [1.807, 2.05) is 4.90 Å². The molecule has 2 amide bonds. The van der Waals surface area contributed by atoms with E-state index in [4.69, 9.17) is 9.47 Å². The van der Waals surface area contributed by atoms with Crippen molar-refractivity contribution in [3.8, 4) is 11.8 Å². The van der Waals surface area contributed by atoms with Crippen LogP contribution in [0.5, 0.6) is 11.8 Å². The predicted molar refractivity (Wildman–Crippen MR) is 102 cm³/mol. The highest BCUT2D eigenvalue weighted by Crippen LogP contribution is 2.44. The summed E-state index contributed by atoms with van der Waals surface area (Å²) in [5, 5.41) is 0. The molecular formula is C20H28N4O4. The third-order valence-corrected chi connectivity index (χ3v) is 6.35. The molecule has 8 heteroatoms. The molecule has 4 rings (SSSR count). The number of rotatable bonds is 4. The maximum absolute atomic E-state index is 13.4. The van der Waals surface area contributed by atoms with Gasteiger partial charge in [-0.25, -0.2) is 0 Å². The monoisotopic (exact) mass is 388 g/mol. The maximum atomic E-state index is 13.4. The Balaban J connectivity index is 1.59. The number of carbonyl (C=O) groups is 2. The molecule has 0 bridgehead atoms. The summed E-state index contributed by atoms with van der Waals surface area (Å²) in [6.45, 7) is 4.24. The Hall–Kier alpha value is -2.35. The first kappa shape index (κ1) is 19.0. The molecule has 0 aromatic carbocycles. The number of carbonyl (C=O) groups excluding carboxylic acids is 2. The summed E-state index contributed by atoms with van der Waals surface area (Å²) in [5.41, 5.74) is -0.0950. The van der Waals surface area contributed by atoms with E-state index in [-0.39, 0.29) is 23.6 Å². The van der Waals surface area contributed by atoms with Crippen molar-refractivity contribution in [2.75, 3.05) is 60.5 Å². The van der Waals surface area contributed by atoms with Crippen molar-refractivity contribution in [1.82, 2.24) is 19.7 Å². The molecule has 8 nitrogen and oxygen atoms in total. The summed E-state index contributed by atoms with van der Waals surface area (Å²) >= 11 is 0. The number of likely N-dealkylation sites (tertiary alicyclic amines) is 3. The van der Waals surface area contributed by atoms with Gasteiger partial charge < -0.3 is 24.2 Å². The van der Waals surface area contributed by atoms with E-state index in [2.05, 4.69) is 16.9 Å². The van der Waals surface area contributed by atoms with E-state index in [1.165, 1.54) is 14.2 Å². The van der Waals surface area contributed by atoms with E-state index in [0.29, 0.717) is 31.1 Å². The second kappa shape index (κ2) is 7.24. The Kier molecular flexibility index (Phi) is 4.91. The van der Waals surface area contributed by atoms with E-state index in [0.717, 1.165) is 32.5 Å². The zero-order valence-electron chi connectivity index (χ0n) is 16.8. The van der Waals surface area contributed by atoms with Gasteiger partial charge in [-0.15, -0.1) is 0 Å². The van der Waals surface area contributed by atoms with Crippen molar-refractivity contribution >= 4 is 11.8 Å². The molecule has 0 aliphatic carbocycles. The molecule has 1 aromatic rings. The Morgan fingerprint density at radius 1 is 1.07 bits per heavy atom. The Morgan fingerprint density at radius 3 is 2.50 bits per heavy atom. The fraction of sp³-hybridized carbons (Fsp3) is 0.650. The Bertz CT molecular complexity index is 779. The first-order valence-electron chi connectivity index (χ1n) is 9.84. The topological polar surface area (TPSA) is 75.2 Å². The normalized spacial score (nSPS) is 27.2. The lowest BCUT2D eigenvalue weighted by molar-refractivity contribution is -0.141. The lowest BCUT2D eigenvalue weighted by Crippen LogP contribution is -2.49. The molecule has 0 unspecified atom stereocenters. The first-order chi connectivity index (χ1) is 13.5. The van der Waals surface area contributed by atoms with Crippen molar-refractivity contribution < 1.29 is 19.1 Å². The fourth-order valence-corrected chi connectivity index (χ4v) is 5.03. The van der Waals surface area contributed by atoms with Gasteiger partial charge in [-0.3, -0.25) is 9.59 Å². The second-order valence-corrected chi connectivity index (χ2v) is 8.15. The zero-order valence-corrected chi connectivity index (χ0v) is 16.8. The molecule has 3 fully saturated rings. The Labute approximate surface area is 165 Å². The number of pyridine rings is 1. The summed E-state index contributed by atoms with van der Waals surface area (Å²) in [4.78, 5) is 36.9. The quantitative estimate of drug-likeness (QED) is 0.757. The highest BCUT2D eigenvalue weighted by atomic mass is 16.5. The van der Waals surface area contributed by atoms with Gasteiger partial charge in [0.05, 0.1) is 19.6 Å². The molecule has 28 heavy (non-hydrogen) atoms. The number of methoxy groups -OCH3 is 2. The molecule has 0 spiro atoms. The standard InChI is InChI=1S/C20H28N4O4/c1-22-10-14-11-24(13-20(14,12-22)19(26)23-8-4-5-9-23)18(25)15-6-7-16(27-2)21-17(15)28-3/h6-7,14H,4-5,8-13H2,1-3H3/t14-,20-/m0/s1.